The van der Waals surface area contributed by atoms with Crippen LogP contribution in [0.2, 0.25) is 0 Å². The summed E-state index contributed by atoms with van der Waals surface area (Å²) >= 11 is 3.45. The zero-order valence-electron chi connectivity index (χ0n) is 15.4. The number of aromatic hydroxyl groups is 1. The number of hydrogen-bond acceptors (Lipinski definition) is 7. The van der Waals surface area contributed by atoms with Crippen molar-refractivity contribution in [1.29, 1.82) is 0 Å². The maximum absolute atomic E-state index is 12.8. The quantitative estimate of drug-likeness (QED) is 0.466. The van der Waals surface area contributed by atoms with E-state index < -0.39 is 17.5 Å². The molecule has 29 heavy (non-hydrogen) atoms. The van der Waals surface area contributed by atoms with Crippen LogP contribution in [0.15, 0.2) is 50.1 Å². The maximum atomic E-state index is 12.8. The van der Waals surface area contributed by atoms with Crippen LogP contribution in [0.1, 0.15) is 29.0 Å². The predicted octanol–water partition coefficient (Wildman–Crippen LogP) is 3.82. The third kappa shape index (κ3) is 3.61. The van der Waals surface area contributed by atoms with E-state index in [0.717, 1.165) is 10.0 Å². The summed E-state index contributed by atoms with van der Waals surface area (Å²) in [6.07, 6.45) is -0.180. The van der Waals surface area contributed by atoms with Crippen LogP contribution in [-0.4, -0.2) is 25.0 Å². The summed E-state index contributed by atoms with van der Waals surface area (Å²) in [4.78, 5) is 25.0. The van der Waals surface area contributed by atoms with Crippen LogP contribution < -0.4 is 10.4 Å². The molecule has 0 spiro atoms. The zero-order valence-corrected chi connectivity index (χ0v) is 17.0. The van der Waals surface area contributed by atoms with Gasteiger partial charge in [0.25, 0.3) is 0 Å². The van der Waals surface area contributed by atoms with Crippen LogP contribution >= 0.6 is 15.9 Å². The number of methoxy groups -OCH3 is 1. The van der Waals surface area contributed by atoms with Crippen molar-refractivity contribution in [3.05, 3.63) is 68.0 Å². The number of hydrogen-bond donors (Lipinski definition) is 1. The number of rotatable bonds is 4. The molecule has 8 heteroatoms. The lowest BCUT2D eigenvalue weighted by Crippen LogP contribution is -2.21. The van der Waals surface area contributed by atoms with Crippen LogP contribution in [0.4, 0.5) is 0 Å². The van der Waals surface area contributed by atoms with Crippen molar-refractivity contribution in [2.24, 2.45) is 0 Å². The topological polar surface area (TPSA) is 95.2 Å². The Labute approximate surface area is 173 Å². The van der Waals surface area contributed by atoms with Gasteiger partial charge in [-0.25, -0.2) is 4.79 Å². The standard InChI is InChI=1S/C21H17BrO7/c1-26-17(23)8-14(15-7-12(22)6-11-9-27-10-28-20(11)15)18-19(24)13-4-2-3-5-16(13)29-21(18)25/h2-7,14,24H,8-10H2,1H3/t14-/m1/s1. The molecule has 0 radical (unpaired) electrons. The molecule has 1 atom stereocenters. The fourth-order valence-corrected chi connectivity index (χ4v) is 4.06. The van der Waals surface area contributed by atoms with E-state index in [9.17, 15) is 14.7 Å². The van der Waals surface area contributed by atoms with Gasteiger partial charge in [0.1, 0.15) is 17.1 Å². The van der Waals surface area contributed by atoms with Crippen LogP contribution in [-0.2, 0) is 20.9 Å². The molecule has 0 bridgehead atoms. The van der Waals surface area contributed by atoms with E-state index in [1.165, 1.54) is 7.11 Å². The highest BCUT2D eigenvalue weighted by Crippen LogP contribution is 2.43. The minimum absolute atomic E-state index is 0.0236. The van der Waals surface area contributed by atoms with Crippen molar-refractivity contribution in [3.63, 3.8) is 0 Å². The highest BCUT2D eigenvalue weighted by atomic mass is 79.9. The first-order valence-corrected chi connectivity index (χ1v) is 9.63. The monoisotopic (exact) mass is 460 g/mol. The van der Waals surface area contributed by atoms with E-state index >= 15 is 0 Å². The number of carbonyl (C=O) groups is 1. The molecule has 3 aromatic rings. The fourth-order valence-electron chi connectivity index (χ4n) is 3.54. The van der Waals surface area contributed by atoms with Gasteiger partial charge < -0.3 is 23.7 Å². The molecule has 0 unspecified atom stereocenters. The summed E-state index contributed by atoms with van der Waals surface area (Å²) in [7, 11) is 1.27. The molecule has 0 saturated heterocycles. The number of benzene rings is 2. The van der Waals surface area contributed by atoms with Crippen molar-refractivity contribution in [2.45, 2.75) is 18.9 Å². The first-order valence-electron chi connectivity index (χ1n) is 8.84. The Kier molecular flexibility index (Phi) is 5.29. The minimum atomic E-state index is -0.840. The third-order valence-electron chi connectivity index (χ3n) is 4.85. The average Bonchev–Trinajstić information content (AvgIpc) is 2.72. The van der Waals surface area contributed by atoms with Gasteiger partial charge >= 0.3 is 11.6 Å². The molecule has 1 N–H and O–H groups in total. The Bertz CT molecular complexity index is 1150. The molecular weight excluding hydrogens is 444 g/mol. The Morgan fingerprint density at radius 1 is 1.31 bits per heavy atom. The number of fused-ring (bicyclic) bond motifs is 2. The number of para-hydroxylation sites is 1. The largest absolute Gasteiger partial charge is 0.507 e. The first kappa shape index (κ1) is 19.5. The normalized spacial score (nSPS) is 14.1. The lowest BCUT2D eigenvalue weighted by atomic mass is 9.86. The summed E-state index contributed by atoms with van der Waals surface area (Å²) in [5, 5.41) is 11.3. The second-order valence-corrected chi connectivity index (χ2v) is 7.49. The number of esters is 1. The molecule has 1 aliphatic rings. The van der Waals surface area contributed by atoms with Crippen molar-refractivity contribution < 1.29 is 28.5 Å². The van der Waals surface area contributed by atoms with Crippen molar-refractivity contribution in [1.82, 2.24) is 0 Å². The molecule has 4 rings (SSSR count). The molecule has 0 aliphatic carbocycles. The van der Waals surface area contributed by atoms with E-state index in [0.29, 0.717) is 23.3 Å². The van der Waals surface area contributed by atoms with Crippen molar-refractivity contribution in [2.75, 3.05) is 13.9 Å². The summed E-state index contributed by atoms with van der Waals surface area (Å²) in [5.74, 6) is -1.10. The van der Waals surface area contributed by atoms with Gasteiger partial charge in [-0.05, 0) is 24.3 Å². The molecular formula is C21H17BrO7. The van der Waals surface area contributed by atoms with Crippen LogP contribution in [0.25, 0.3) is 11.0 Å². The van der Waals surface area contributed by atoms with Gasteiger partial charge in [-0.3, -0.25) is 4.79 Å². The van der Waals surface area contributed by atoms with Gasteiger partial charge in [0.05, 0.1) is 31.1 Å². The molecule has 2 aromatic carbocycles. The molecule has 1 aliphatic heterocycles. The molecule has 0 saturated carbocycles. The van der Waals surface area contributed by atoms with Gasteiger partial charge in [-0.2, -0.15) is 0 Å². The van der Waals surface area contributed by atoms with Crippen molar-refractivity contribution >= 4 is 32.9 Å². The van der Waals surface area contributed by atoms with Gasteiger partial charge in [-0.15, -0.1) is 0 Å². The smallest absolute Gasteiger partial charge is 0.343 e. The lowest BCUT2D eigenvalue weighted by molar-refractivity contribution is -0.140. The van der Waals surface area contributed by atoms with Crippen molar-refractivity contribution in [3.8, 4) is 11.5 Å². The molecule has 2 heterocycles. The van der Waals surface area contributed by atoms with Crippen LogP contribution in [0.5, 0.6) is 11.5 Å². The zero-order chi connectivity index (χ0) is 20.5. The highest BCUT2D eigenvalue weighted by Gasteiger charge is 2.31. The molecule has 150 valence electrons. The summed E-state index contributed by atoms with van der Waals surface area (Å²) in [6, 6.07) is 10.3. The van der Waals surface area contributed by atoms with E-state index in [4.69, 9.17) is 18.6 Å². The summed E-state index contributed by atoms with van der Waals surface area (Å²) < 4.78 is 22.0. The Balaban J connectivity index is 1.98. The molecule has 1 aromatic heterocycles. The summed E-state index contributed by atoms with van der Waals surface area (Å²) in [6.45, 7) is 0.371. The molecule has 0 fully saturated rings. The van der Waals surface area contributed by atoms with E-state index in [1.54, 1.807) is 30.3 Å². The first-order chi connectivity index (χ1) is 14.0. The number of ether oxygens (including phenoxy) is 3. The molecule has 0 amide bonds. The second kappa shape index (κ2) is 7.88. The Morgan fingerprint density at radius 3 is 2.90 bits per heavy atom. The average molecular weight is 461 g/mol. The van der Waals surface area contributed by atoms with Gasteiger partial charge in [0, 0.05) is 21.5 Å². The number of halogens is 1. The summed E-state index contributed by atoms with van der Waals surface area (Å²) in [5.41, 5.74) is 0.831. The van der Waals surface area contributed by atoms with E-state index in [1.807, 2.05) is 6.07 Å². The second-order valence-electron chi connectivity index (χ2n) is 6.57. The van der Waals surface area contributed by atoms with E-state index in [2.05, 4.69) is 15.9 Å². The number of carbonyl (C=O) groups excluding carboxylic acids is 1. The van der Waals surface area contributed by atoms with Gasteiger partial charge in [-0.1, -0.05) is 28.1 Å². The molecule has 7 nitrogen and oxygen atoms in total. The van der Waals surface area contributed by atoms with Crippen LogP contribution in [0, 0.1) is 0 Å². The third-order valence-corrected chi connectivity index (χ3v) is 5.30. The SMILES string of the molecule is COC(=O)C[C@H](c1cc(Br)cc2c1OCOC2)c1c(O)c2ccccc2oc1=O. The Morgan fingerprint density at radius 2 is 2.10 bits per heavy atom. The maximum Gasteiger partial charge on any atom is 0.343 e. The van der Waals surface area contributed by atoms with Crippen LogP contribution in [0.3, 0.4) is 0 Å². The predicted molar refractivity (Wildman–Crippen MR) is 107 cm³/mol. The Hall–Kier alpha value is -2.84. The van der Waals surface area contributed by atoms with Gasteiger partial charge in [0.15, 0.2) is 6.79 Å². The lowest BCUT2D eigenvalue weighted by Gasteiger charge is -2.25. The fraction of sp³-hybridized carbons (Fsp3) is 0.238. The van der Waals surface area contributed by atoms with E-state index in [-0.39, 0.29) is 30.1 Å². The van der Waals surface area contributed by atoms with Gasteiger partial charge in [0.2, 0.25) is 0 Å². The minimum Gasteiger partial charge on any atom is -0.507 e. The highest BCUT2D eigenvalue weighted by molar-refractivity contribution is 9.10.